The Bertz CT molecular complexity index is 600. The van der Waals surface area contributed by atoms with E-state index >= 15 is 0 Å². The number of ether oxygens (including phenoxy) is 1. The zero-order chi connectivity index (χ0) is 18.0. The summed E-state index contributed by atoms with van der Waals surface area (Å²) in [5.74, 6) is 0.363. The number of aryl methyl sites for hydroxylation is 1. The average Bonchev–Trinajstić information content (AvgIpc) is 2.38. The molecule has 0 amide bonds. The molecular weight excluding hydrogens is 284 g/mol. The van der Waals surface area contributed by atoms with Crippen LogP contribution in [0.4, 0.5) is 0 Å². The molecule has 0 heterocycles. The van der Waals surface area contributed by atoms with Crippen LogP contribution in [0.15, 0.2) is 36.4 Å². The van der Waals surface area contributed by atoms with Crippen molar-refractivity contribution in [1.29, 1.82) is 0 Å². The van der Waals surface area contributed by atoms with E-state index in [4.69, 9.17) is 4.74 Å². The van der Waals surface area contributed by atoms with E-state index in [9.17, 15) is 4.79 Å². The van der Waals surface area contributed by atoms with E-state index in [2.05, 4.69) is 67.2 Å². The molecule has 0 saturated carbocycles. The van der Waals surface area contributed by atoms with Crippen LogP contribution < -0.4 is 4.74 Å². The fourth-order valence-corrected chi connectivity index (χ4v) is 2.42. The van der Waals surface area contributed by atoms with Crippen molar-refractivity contribution in [2.75, 3.05) is 0 Å². The molecule has 0 fully saturated rings. The second-order valence-corrected chi connectivity index (χ2v) is 8.16. The standard InChI is InChI=1S/C21H30O2/c1-10-11-15(3)19(22)23-18-16(20(4,5)6)12-14(2)13-17(18)21(7,8)9/h10-13H,1H2,2-9H3/b15-11-. The first-order chi connectivity index (χ1) is 10.4. The molecule has 0 aromatic heterocycles. The van der Waals surface area contributed by atoms with Gasteiger partial charge in [0.1, 0.15) is 5.75 Å². The van der Waals surface area contributed by atoms with Crippen LogP contribution in [0, 0.1) is 6.92 Å². The van der Waals surface area contributed by atoms with E-state index in [1.165, 1.54) is 5.56 Å². The van der Waals surface area contributed by atoms with Crippen LogP contribution in [0.1, 0.15) is 65.2 Å². The number of carbonyl (C=O) groups is 1. The van der Waals surface area contributed by atoms with Gasteiger partial charge in [0, 0.05) is 16.7 Å². The van der Waals surface area contributed by atoms with E-state index in [0.717, 1.165) is 11.1 Å². The maximum absolute atomic E-state index is 12.4. The summed E-state index contributed by atoms with van der Waals surface area (Å²) in [6.07, 6.45) is 3.27. The van der Waals surface area contributed by atoms with Crippen LogP contribution in [-0.4, -0.2) is 5.97 Å². The minimum atomic E-state index is -0.329. The van der Waals surface area contributed by atoms with Gasteiger partial charge in [0.2, 0.25) is 0 Å². The summed E-state index contributed by atoms with van der Waals surface area (Å²) in [4.78, 5) is 12.4. The maximum Gasteiger partial charge on any atom is 0.339 e. The SMILES string of the molecule is C=C/C=C(/C)C(=O)Oc1c(C(C)(C)C)cc(C)cc1C(C)(C)C. The Hall–Kier alpha value is -1.83. The van der Waals surface area contributed by atoms with Gasteiger partial charge in [-0.15, -0.1) is 0 Å². The molecule has 0 unspecified atom stereocenters. The van der Waals surface area contributed by atoms with Crippen molar-refractivity contribution in [3.8, 4) is 5.75 Å². The molecule has 0 N–H and O–H groups in total. The third-order valence-corrected chi connectivity index (χ3v) is 3.73. The number of allylic oxidation sites excluding steroid dienone is 2. The van der Waals surface area contributed by atoms with Crippen molar-refractivity contribution >= 4 is 5.97 Å². The number of rotatable bonds is 3. The highest BCUT2D eigenvalue weighted by Crippen LogP contribution is 2.40. The van der Waals surface area contributed by atoms with E-state index in [0.29, 0.717) is 11.3 Å². The maximum atomic E-state index is 12.4. The van der Waals surface area contributed by atoms with Gasteiger partial charge in [-0.2, -0.15) is 0 Å². The minimum Gasteiger partial charge on any atom is -0.423 e. The molecule has 2 nitrogen and oxygen atoms in total. The smallest absolute Gasteiger partial charge is 0.339 e. The highest BCUT2D eigenvalue weighted by atomic mass is 16.5. The summed E-state index contributed by atoms with van der Waals surface area (Å²) >= 11 is 0. The molecule has 0 saturated heterocycles. The Kier molecular flexibility index (Phi) is 5.63. The van der Waals surface area contributed by atoms with Gasteiger partial charge < -0.3 is 4.74 Å². The monoisotopic (exact) mass is 314 g/mol. The minimum absolute atomic E-state index is 0.113. The number of benzene rings is 1. The first kappa shape index (κ1) is 19.2. The number of hydrogen-bond donors (Lipinski definition) is 0. The number of esters is 1. The molecule has 1 aromatic carbocycles. The van der Waals surface area contributed by atoms with E-state index in [1.54, 1.807) is 19.1 Å². The summed E-state index contributed by atoms with van der Waals surface area (Å²) in [5.41, 5.74) is 3.61. The summed E-state index contributed by atoms with van der Waals surface area (Å²) in [5, 5.41) is 0. The summed E-state index contributed by atoms with van der Waals surface area (Å²) in [6.45, 7) is 20.3. The normalized spacial score (nSPS) is 13.0. The van der Waals surface area contributed by atoms with Gasteiger partial charge in [-0.05, 0) is 24.7 Å². The Labute approximate surface area is 141 Å². The molecule has 0 aliphatic heterocycles. The van der Waals surface area contributed by atoms with Crippen molar-refractivity contribution in [1.82, 2.24) is 0 Å². The summed E-state index contributed by atoms with van der Waals surface area (Å²) in [6, 6.07) is 4.23. The Balaban J connectivity index is 3.57. The highest BCUT2D eigenvalue weighted by molar-refractivity contribution is 5.90. The van der Waals surface area contributed by atoms with Crippen LogP contribution in [0.25, 0.3) is 0 Å². The molecule has 2 heteroatoms. The van der Waals surface area contributed by atoms with Crippen LogP contribution >= 0.6 is 0 Å². The van der Waals surface area contributed by atoms with E-state index in [-0.39, 0.29) is 16.8 Å². The van der Waals surface area contributed by atoms with Crippen LogP contribution in [0.2, 0.25) is 0 Å². The van der Waals surface area contributed by atoms with Gasteiger partial charge in [0.05, 0.1) is 0 Å². The molecule has 1 rings (SSSR count). The van der Waals surface area contributed by atoms with E-state index < -0.39 is 0 Å². The number of carbonyl (C=O) groups excluding carboxylic acids is 1. The highest BCUT2D eigenvalue weighted by Gasteiger charge is 2.28. The molecule has 0 radical (unpaired) electrons. The summed E-state index contributed by atoms with van der Waals surface area (Å²) < 4.78 is 5.84. The number of hydrogen-bond acceptors (Lipinski definition) is 2. The largest absolute Gasteiger partial charge is 0.423 e. The van der Waals surface area contributed by atoms with Gasteiger partial charge in [-0.25, -0.2) is 4.79 Å². The van der Waals surface area contributed by atoms with Gasteiger partial charge >= 0.3 is 5.97 Å². The molecule has 0 aliphatic rings. The first-order valence-corrected chi connectivity index (χ1v) is 8.05. The third-order valence-electron chi connectivity index (χ3n) is 3.73. The van der Waals surface area contributed by atoms with Crippen molar-refractivity contribution in [2.24, 2.45) is 0 Å². The molecule has 0 spiro atoms. The van der Waals surface area contributed by atoms with Crippen LogP contribution in [-0.2, 0) is 15.6 Å². The second kappa shape index (κ2) is 6.74. The summed E-state index contributed by atoms with van der Waals surface area (Å²) in [7, 11) is 0. The van der Waals surface area contributed by atoms with Crippen molar-refractivity contribution in [2.45, 2.75) is 66.2 Å². The lowest BCUT2D eigenvalue weighted by molar-refractivity contribution is -0.130. The first-order valence-electron chi connectivity index (χ1n) is 8.05. The molecule has 1 aromatic rings. The zero-order valence-corrected chi connectivity index (χ0v) is 15.8. The van der Waals surface area contributed by atoms with E-state index in [1.807, 2.05) is 0 Å². The molecule has 126 valence electrons. The quantitative estimate of drug-likeness (QED) is 0.313. The van der Waals surface area contributed by atoms with Crippen molar-refractivity contribution in [3.63, 3.8) is 0 Å². The lowest BCUT2D eigenvalue weighted by Gasteiger charge is -2.29. The van der Waals surface area contributed by atoms with Crippen LogP contribution in [0.5, 0.6) is 5.75 Å². The van der Waals surface area contributed by atoms with Crippen molar-refractivity contribution < 1.29 is 9.53 Å². The molecule has 23 heavy (non-hydrogen) atoms. The Morgan fingerprint density at radius 2 is 1.48 bits per heavy atom. The predicted molar refractivity (Wildman–Crippen MR) is 98.2 cm³/mol. The lowest BCUT2D eigenvalue weighted by atomic mass is 9.78. The predicted octanol–water partition coefficient (Wildman–Crippen LogP) is 5.63. The fraction of sp³-hybridized carbons (Fsp3) is 0.476. The van der Waals surface area contributed by atoms with Gasteiger partial charge in [0.25, 0.3) is 0 Å². The Morgan fingerprint density at radius 1 is 1.04 bits per heavy atom. The fourth-order valence-electron chi connectivity index (χ4n) is 2.42. The molecule has 0 atom stereocenters. The van der Waals surface area contributed by atoms with Crippen molar-refractivity contribution in [3.05, 3.63) is 53.1 Å². The Morgan fingerprint density at radius 3 is 1.83 bits per heavy atom. The molecule has 0 aliphatic carbocycles. The second-order valence-electron chi connectivity index (χ2n) is 8.16. The lowest BCUT2D eigenvalue weighted by Crippen LogP contribution is -2.22. The van der Waals surface area contributed by atoms with Gasteiger partial charge in [-0.1, -0.05) is 78.0 Å². The van der Waals surface area contributed by atoms with Gasteiger partial charge in [-0.3, -0.25) is 0 Å². The van der Waals surface area contributed by atoms with Gasteiger partial charge in [0.15, 0.2) is 0 Å². The molecule has 0 bridgehead atoms. The van der Waals surface area contributed by atoms with Crippen LogP contribution in [0.3, 0.4) is 0 Å². The topological polar surface area (TPSA) is 26.3 Å². The molecular formula is C21H30O2. The zero-order valence-electron chi connectivity index (χ0n) is 15.8. The average molecular weight is 314 g/mol. The third kappa shape index (κ3) is 4.82.